The molecule has 2 rings (SSSR count). The van der Waals surface area contributed by atoms with Crippen molar-refractivity contribution in [2.24, 2.45) is 7.05 Å². The van der Waals surface area contributed by atoms with E-state index in [1.54, 1.807) is 15.5 Å². The van der Waals surface area contributed by atoms with Crippen molar-refractivity contribution >= 4 is 5.91 Å². The first kappa shape index (κ1) is 13.1. The van der Waals surface area contributed by atoms with Gasteiger partial charge in [0.1, 0.15) is 5.69 Å². The van der Waals surface area contributed by atoms with Gasteiger partial charge in [-0.2, -0.15) is 0 Å². The van der Waals surface area contributed by atoms with Crippen molar-refractivity contribution in [3.63, 3.8) is 0 Å². The number of aryl methyl sites for hydroxylation is 1. The molecule has 1 atom stereocenters. The lowest BCUT2D eigenvalue weighted by Crippen LogP contribution is -2.55. The molecular weight excluding hydrogens is 232 g/mol. The first-order chi connectivity index (χ1) is 8.43. The second-order valence-corrected chi connectivity index (χ2v) is 5.37. The largest absolute Gasteiger partial charge is 0.394 e. The first-order valence-electron chi connectivity index (χ1n) is 6.12. The Morgan fingerprint density at radius 2 is 2.33 bits per heavy atom. The molecule has 1 aliphatic rings. The van der Waals surface area contributed by atoms with E-state index in [1.807, 2.05) is 33.2 Å². The second kappa shape index (κ2) is 4.74. The molecule has 1 saturated heterocycles. The van der Waals surface area contributed by atoms with Gasteiger partial charge < -0.3 is 19.3 Å². The molecule has 1 fully saturated rings. The van der Waals surface area contributed by atoms with Crippen LogP contribution < -0.4 is 0 Å². The molecule has 0 spiro atoms. The Morgan fingerprint density at radius 1 is 1.61 bits per heavy atom. The summed E-state index contributed by atoms with van der Waals surface area (Å²) in [5.74, 6) is -0.0164. The predicted octanol–water partition coefficient (Wildman–Crippen LogP) is 0.637. The number of nitrogens with zero attached hydrogens (tertiary/aromatic N) is 2. The summed E-state index contributed by atoms with van der Waals surface area (Å²) in [7, 11) is 1.85. The molecule has 1 amide bonds. The number of amides is 1. The van der Waals surface area contributed by atoms with Crippen molar-refractivity contribution < 1.29 is 14.6 Å². The van der Waals surface area contributed by atoms with Gasteiger partial charge in [0.2, 0.25) is 0 Å². The third-order valence-corrected chi connectivity index (χ3v) is 3.14. The number of rotatable bonds is 2. The maximum atomic E-state index is 12.4. The Hall–Kier alpha value is -1.33. The van der Waals surface area contributed by atoms with Crippen molar-refractivity contribution in [3.8, 4) is 0 Å². The molecule has 1 aliphatic heterocycles. The van der Waals surface area contributed by atoms with E-state index >= 15 is 0 Å². The number of hydrogen-bond donors (Lipinski definition) is 1. The minimum Gasteiger partial charge on any atom is -0.394 e. The van der Waals surface area contributed by atoms with E-state index in [0.29, 0.717) is 18.8 Å². The molecule has 1 unspecified atom stereocenters. The molecule has 1 aromatic heterocycles. The van der Waals surface area contributed by atoms with Gasteiger partial charge in [-0.1, -0.05) is 0 Å². The molecule has 2 heterocycles. The average Bonchev–Trinajstić information content (AvgIpc) is 2.72. The molecule has 0 aromatic carbocycles. The van der Waals surface area contributed by atoms with Crippen LogP contribution in [0.4, 0.5) is 0 Å². The number of carbonyl (C=O) groups excluding carboxylic acids is 1. The molecule has 1 aromatic rings. The highest BCUT2D eigenvalue weighted by molar-refractivity contribution is 5.92. The van der Waals surface area contributed by atoms with Gasteiger partial charge in [-0.3, -0.25) is 4.79 Å². The van der Waals surface area contributed by atoms with Gasteiger partial charge in [-0.05, 0) is 26.0 Å². The maximum Gasteiger partial charge on any atom is 0.270 e. The monoisotopic (exact) mass is 252 g/mol. The number of hydrogen-bond acceptors (Lipinski definition) is 3. The van der Waals surface area contributed by atoms with Gasteiger partial charge in [0.15, 0.2) is 0 Å². The summed E-state index contributed by atoms with van der Waals surface area (Å²) in [5, 5.41) is 9.24. The van der Waals surface area contributed by atoms with Crippen molar-refractivity contribution in [1.29, 1.82) is 0 Å². The summed E-state index contributed by atoms with van der Waals surface area (Å²) < 4.78 is 7.50. The molecular formula is C13H20N2O3. The first-order valence-corrected chi connectivity index (χ1v) is 6.12. The summed E-state index contributed by atoms with van der Waals surface area (Å²) in [5.41, 5.74) is 0.233. The third kappa shape index (κ3) is 2.57. The van der Waals surface area contributed by atoms with Gasteiger partial charge in [-0.25, -0.2) is 0 Å². The summed E-state index contributed by atoms with van der Waals surface area (Å²) in [6.07, 6.45) is 1.54. The van der Waals surface area contributed by atoms with Crippen LogP contribution in [0.1, 0.15) is 24.3 Å². The van der Waals surface area contributed by atoms with Crippen LogP contribution in [0.25, 0.3) is 0 Å². The number of aromatic nitrogens is 1. The quantitative estimate of drug-likeness (QED) is 0.840. The molecule has 100 valence electrons. The number of aliphatic hydroxyl groups excluding tert-OH is 1. The number of morpholine rings is 1. The predicted molar refractivity (Wildman–Crippen MR) is 67.4 cm³/mol. The fraction of sp³-hybridized carbons (Fsp3) is 0.615. The Morgan fingerprint density at radius 3 is 2.89 bits per heavy atom. The van der Waals surface area contributed by atoms with Crippen LogP contribution in [0, 0.1) is 0 Å². The minimum atomic E-state index is -0.424. The minimum absolute atomic E-state index is 0.0164. The Bertz CT molecular complexity index is 439. The fourth-order valence-corrected chi connectivity index (χ4v) is 2.39. The molecule has 0 saturated carbocycles. The zero-order valence-electron chi connectivity index (χ0n) is 11.1. The summed E-state index contributed by atoms with van der Waals surface area (Å²) in [6, 6.07) is 3.65. The molecule has 0 bridgehead atoms. The normalized spacial score (nSPS) is 23.1. The topological polar surface area (TPSA) is 54.7 Å². The number of ether oxygens (including phenoxy) is 1. The average molecular weight is 252 g/mol. The van der Waals surface area contributed by atoms with Crippen LogP contribution in [-0.2, 0) is 11.8 Å². The molecule has 5 nitrogen and oxygen atoms in total. The van der Waals surface area contributed by atoms with Gasteiger partial charge in [0.25, 0.3) is 5.91 Å². The van der Waals surface area contributed by atoms with Crippen LogP contribution in [-0.4, -0.2) is 51.9 Å². The Kier molecular flexibility index (Phi) is 3.45. The highest BCUT2D eigenvalue weighted by Gasteiger charge is 2.36. The van der Waals surface area contributed by atoms with Crippen molar-refractivity contribution in [2.75, 3.05) is 19.7 Å². The Labute approximate surface area is 107 Å². The lowest BCUT2D eigenvalue weighted by molar-refractivity contribution is -0.139. The zero-order chi connectivity index (χ0) is 13.3. The van der Waals surface area contributed by atoms with E-state index in [1.165, 1.54) is 0 Å². The van der Waals surface area contributed by atoms with E-state index in [-0.39, 0.29) is 18.6 Å². The van der Waals surface area contributed by atoms with Crippen LogP contribution in [0.15, 0.2) is 18.3 Å². The van der Waals surface area contributed by atoms with E-state index in [2.05, 4.69) is 0 Å². The van der Waals surface area contributed by atoms with Crippen molar-refractivity contribution in [2.45, 2.75) is 25.6 Å². The molecule has 5 heteroatoms. The third-order valence-electron chi connectivity index (χ3n) is 3.14. The molecule has 0 aliphatic carbocycles. The number of aliphatic hydroxyl groups is 1. The van der Waals surface area contributed by atoms with E-state index in [0.717, 1.165) is 0 Å². The summed E-state index contributed by atoms with van der Waals surface area (Å²) >= 11 is 0. The summed E-state index contributed by atoms with van der Waals surface area (Å²) in [6.45, 7) is 4.76. The SMILES string of the molecule is Cn1cccc1C(=O)N1CC(CO)OC(C)(C)C1. The van der Waals surface area contributed by atoms with Crippen LogP contribution in [0.2, 0.25) is 0 Å². The summed E-state index contributed by atoms with van der Waals surface area (Å²) in [4.78, 5) is 14.1. The van der Waals surface area contributed by atoms with Crippen LogP contribution >= 0.6 is 0 Å². The standard InChI is InChI=1S/C13H20N2O3/c1-13(2)9-15(7-10(8-16)18-13)12(17)11-5-4-6-14(11)3/h4-6,10,16H,7-9H2,1-3H3. The lowest BCUT2D eigenvalue weighted by atomic mass is 10.0. The van der Waals surface area contributed by atoms with E-state index in [4.69, 9.17) is 4.74 Å². The number of carbonyl (C=O) groups is 1. The van der Waals surface area contributed by atoms with Gasteiger partial charge in [0, 0.05) is 26.3 Å². The van der Waals surface area contributed by atoms with E-state index in [9.17, 15) is 9.90 Å². The van der Waals surface area contributed by atoms with Gasteiger partial charge >= 0.3 is 0 Å². The highest BCUT2D eigenvalue weighted by Crippen LogP contribution is 2.22. The van der Waals surface area contributed by atoms with Gasteiger partial charge in [-0.15, -0.1) is 0 Å². The fourth-order valence-electron chi connectivity index (χ4n) is 2.39. The lowest BCUT2D eigenvalue weighted by Gasteiger charge is -2.42. The highest BCUT2D eigenvalue weighted by atomic mass is 16.5. The maximum absolute atomic E-state index is 12.4. The molecule has 1 N–H and O–H groups in total. The molecule has 0 radical (unpaired) electrons. The zero-order valence-corrected chi connectivity index (χ0v) is 11.1. The van der Waals surface area contributed by atoms with Crippen LogP contribution in [0.3, 0.4) is 0 Å². The van der Waals surface area contributed by atoms with Crippen LogP contribution in [0.5, 0.6) is 0 Å². The second-order valence-electron chi connectivity index (χ2n) is 5.37. The Balaban J connectivity index is 2.17. The van der Waals surface area contributed by atoms with Crippen molar-refractivity contribution in [1.82, 2.24) is 9.47 Å². The smallest absolute Gasteiger partial charge is 0.270 e. The van der Waals surface area contributed by atoms with Gasteiger partial charge in [0.05, 0.1) is 18.3 Å². The molecule has 18 heavy (non-hydrogen) atoms. The van der Waals surface area contributed by atoms with Crippen molar-refractivity contribution in [3.05, 3.63) is 24.0 Å². The van der Waals surface area contributed by atoms with E-state index < -0.39 is 5.60 Å².